The zero-order chi connectivity index (χ0) is 27.4. The Balaban J connectivity index is 1.47. The standard InChI is InChI=1S/C30H36ClN3O3S/c1-20(2)11-14-33-38(36,37)29-16-23(7-10-28(29)31)18-34-15-5-6-26(19-34)22(4)21(3)24-8-9-27-25(17-24)12-13-32-30(27)35/h7-14,16-17,21-22,26H,5-6,15,18-19H2,1-4H3,(H,32,35)/b33-14+/t21-,22?,26?/m0/s1. The van der Waals surface area contributed by atoms with Crippen molar-refractivity contribution >= 4 is 38.6 Å². The number of aromatic nitrogens is 1. The molecule has 1 aliphatic rings. The zero-order valence-electron chi connectivity index (χ0n) is 22.4. The molecule has 202 valence electrons. The SMILES string of the molecule is CC(C)=C/C=N/S(=O)(=O)c1cc(CN2CCCC(C(C)[C@H](C)c3ccc4c(=O)[nH]ccc4c3)C2)ccc1Cl. The van der Waals surface area contributed by atoms with Gasteiger partial charge in [0, 0.05) is 30.9 Å². The van der Waals surface area contributed by atoms with Crippen LogP contribution in [0.5, 0.6) is 0 Å². The fourth-order valence-corrected chi connectivity index (χ4v) is 6.65. The van der Waals surface area contributed by atoms with Gasteiger partial charge in [0.25, 0.3) is 15.6 Å². The average Bonchev–Trinajstić information content (AvgIpc) is 2.88. The van der Waals surface area contributed by atoms with E-state index in [-0.39, 0.29) is 15.5 Å². The summed E-state index contributed by atoms with van der Waals surface area (Å²) in [5.41, 5.74) is 3.05. The molecule has 4 rings (SSSR count). The molecule has 0 amide bonds. The molecule has 2 heterocycles. The molecule has 8 heteroatoms. The normalized spacial score (nSPS) is 18.5. The number of nitrogens with zero attached hydrogens (tertiary/aromatic N) is 2. The van der Waals surface area contributed by atoms with Crippen LogP contribution in [0.3, 0.4) is 0 Å². The van der Waals surface area contributed by atoms with Gasteiger partial charge in [-0.3, -0.25) is 9.69 Å². The summed E-state index contributed by atoms with van der Waals surface area (Å²) < 4.78 is 29.3. The van der Waals surface area contributed by atoms with Crippen LogP contribution in [0.4, 0.5) is 0 Å². The van der Waals surface area contributed by atoms with Gasteiger partial charge in [0.15, 0.2) is 0 Å². The van der Waals surface area contributed by atoms with Gasteiger partial charge in [-0.05, 0) is 97.8 Å². The number of allylic oxidation sites excluding steroid dienone is 2. The molecule has 38 heavy (non-hydrogen) atoms. The lowest BCUT2D eigenvalue weighted by Crippen LogP contribution is -2.38. The minimum atomic E-state index is -3.88. The molecule has 3 aromatic rings. The molecule has 1 fully saturated rings. The van der Waals surface area contributed by atoms with E-state index in [4.69, 9.17) is 11.6 Å². The van der Waals surface area contributed by atoms with Crippen molar-refractivity contribution in [1.29, 1.82) is 0 Å². The Kier molecular flexibility index (Phi) is 8.91. The van der Waals surface area contributed by atoms with Gasteiger partial charge in [0.05, 0.1) is 5.02 Å². The largest absolute Gasteiger partial charge is 0.329 e. The lowest BCUT2D eigenvalue weighted by atomic mass is 9.76. The third-order valence-electron chi connectivity index (χ3n) is 7.68. The highest BCUT2D eigenvalue weighted by Gasteiger charge is 2.29. The number of halogens is 1. The second-order valence-electron chi connectivity index (χ2n) is 10.7. The molecule has 2 unspecified atom stereocenters. The topological polar surface area (TPSA) is 82.6 Å². The van der Waals surface area contributed by atoms with Gasteiger partial charge in [0.1, 0.15) is 4.90 Å². The Morgan fingerprint density at radius 1 is 1.18 bits per heavy atom. The third kappa shape index (κ3) is 6.63. The molecule has 2 aromatic carbocycles. The number of fused-ring (bicyclic) bond motifs is 1. The van der Waals surface area contributed by atoms with Crippen molar-refractivity contribution < 1.29 is 8.42 Å². The first kappa shape index (κ1) is 28.3. The van der Waals surface area contributed by atoms with Gasteiger partial charge in [-0.2, -0.15) is 12.8 Å². The van der Waals surface area contributed by atoms with Crippen LogP contribution in [-0.2, 0) is 16.6 Å². The number of likely N-dealkylation sites (tertiary alicyclic amines) is 1. The summed E-state index contributed by atoms with van der Waals surface area (Å²) >= 11 is 6.27. The second-order valence-corrected chi connectivity index (χ2v) is 12.7. The van der Waals surface area contributed by atoms with Crippen molar-refractivity contribution in [3.8, 4) is 0 Å². The highest BCUT2D eigenvalue weighted by Crippen LogP contribution is 2.36. The van der Waals surface area contributed by atoms with Gasteiger partial charge in [-0.15, -0.1) is 0 Å². The van der Waals surface area contributed by atoms with Crippen molar-refractivity contribution in [2.45, 2.75) is 57.9 Å². The number of pyridine rings is 1. The number of rotatable bonds is 8. The summed E-state index contributed by atoms with van der Waals surface area (Å²) in [5, 5.41) is 1.86. The molecule has 0 spiro atoms. The molecule has 0 aliphatic carbocycles. The van der Waals surface area contributed by atoms with Crippen molar-refractivity contribution in [3.63, 3.8) is 0 Å². The highest BCUT2D eigenvalue weighted by molar-refractivity contribution is 7.90. The van der Waals surface area contributed by atoms with Gasteiger partial charge in [-0.1, -0.05) is 49.2 Å². The van der Waals surface area contributed by atoms with E-state index in [1.807, 2.05) is 32.0 Å². The first-order valence-electron chi connectivity index (χ1n) is 13.1. The third-order valence-corrected chi connectivity index (χ3v) is 9.42. The number of H-pyrrole nitrogens is 1. The smallest absolute Gasteiger partial charge is 0.283 e. The van der Waals surface area contributed by atoms with Crippen LogP contribution in [0.2, 0.25) is 5.02 Å². The Morgan fingerprint density at radius 2 is 1.97 bits per heavy atom. The van der Waals surface area contributed by atoms with E-state index in [2.05, 4.69) is 40.3 Å². The van der Waals surface area contributed by atoms with Crippen molar-refractivity contribution in [1.82, 2.24) is 9.88 Å². The number of hydrogen-bond acceptors (Lipinski definition) is 4. The molecular weight excluding hydrogens is 518 g/mol. The van der Waals surface area contributed by atoms with Crippen molar-refractivity contribution in [3.05, 3.63) is 86.8 Å². The maximum Gasteiger partial charge on any atom is 0.283 e. The van der Waals surface area contributed by atoms with Gasteiger partial charge < -0.3 is 4.98 Å². The second kappa shape index (κ2) is 12.0. The lowest BCUT2D eigenvalue weighted by Gasteiger charge is -2.38. The number of nitrogens with one attached hydrogen (secondary N) is 1. The van der Waals surface area contributed by atoms with E-state index in [9.17, 15) is 13.2 Å². The molecule has 1 N–H and O–H groups in total. The molecule has 1 aromatic heterocycles. The Bertz CT molecular complexity index is 1520. The molecule has 0 saturated carbocycles. The Labute approximate surface area is 230 Å². The van der Waals surface area contributed by atoms with Crippen LogP contribution >= 0.6 is 11.6 Å². The summed E-state index contributed by atoms with van der Waals surface area (Å²) in [4.78, 5) is 17.3. The summed E-state index contributed by atoms with van der Waals surface area (Å²) in [6, 6.07) is 13.3. The van der Waals surface area contributed by atoms with Crippen LogP contribution in [0.25, 0.3) is 10.8 Å². The molecule has 1 aliphatic heterocycles. The maximum atomic E-state index is 12.8. The quantitative estimate of drug-likeness (QED) is 0.320. The average molecular weight is 554 g/mol. The van der Waals surface area contributed by atoms with E-state index in [1.54, 1.807) is 24.4 Å². The van der Waals surface area contributed by atoms with Crippen molar-refractivity contribution in [2.24, 2.45) is 16.2 Å². The molecule has 1 saturated heterocycles. The minimum absolute atomic E-state index is 0.0424. The number of benzene rings is 2. The number of aromatic amines is 1. The maximum absolute atomic E-state index is 12.8. The van der Waals surface area contributed by atoms with Crippen LogP contribution in [0, 0.1) is 11.8 Å². The van der Waals surface area contributed by atoms with Crippen LogP contribution in [0.15, 0.2) is 74.4 Å². The monoisotopic (exact) mass is 553 g/mol. The number of hydrogen-bond donors (Lipinski definition) is 1. The summed E-state index contributed by atoms with van der Waals surface area (Å²) in [5.74, 6) is 1.30. The Morgan fingerprint density at radius 3 is 2.74 bits per heavy atom. The molecular formula is C30H36ClN3O3S. The van der Waals surface area contributed by atoms with E-state index >= 15 is 0 Å². The van der Waals surface area contributed by atoms with E-state index in [0.717, 1.165) is 42.5 Å². The first-order chi connectivity index (χ1) is 18.0. The fourth-order valence-electron chi connectivity index (χ4n) is 5.29. The molecule has 0 radical (unpaired) electrons. The molecule has 6 nitrogen and oxygen atoms in total. The molecule has 3 atom stereocenters. The summed E-state index contributed by atoms with van der Waals surface area (Å²) in [6.45, 7) is 10.9. The van der Waals surface area contributed by atoms with Crippen LogP contribution < -0.4 is 5.56 Å². The number of piperidine rings is 1. The Hall–Kier alpha value is -2.74. The van der Waals surface area contributed by atoms with E-state index in [1.165, 1.54) is 11.8 Å². The fraction of sp³-hybridized carbons (Fsp3) is 0.400. The van der Waals surface area contributed by atoms with Crippen molar-refractivity contribution in [2.75, 3.05) is 13.1 Å². The van der Waals surface area contributed by atoms with Gasteiger partial charge in [0.2, 0.25) is 0 Å². The van der Waals surface area contributed by atoms with Crippen LogP contribution in [-0.4, -0.2) is 37.6 Å². The van der Waals surface area contributed by atoms with Gasteiger partial charge in [-0.25, -0.2) is 0 Å². The minimum Gasteiger partial charge on any atom is -0.329 e. The van der Waals surface area contributed by atoms with E-state index in [0.29, 0.717) is 29.7 Å². The number of sulfonamides is 1. The molecule has 0 bridgehead atoms. The summed E-state index contributed by atoms with van der Waals surface area (Å²) in [6.07, 6.45) is 6.92. The summed E-state index contributed by atoms with van der Waals surface area (Å²) in [7, 11) is -3.88. The predicted octanol–water partition coefficient (Wildman–Crippen LogP) is 6.56. The zero-order valence-corrected chi connectivity index (χ0v) is 24.0. The van der Waals surface area contributed by atoms with E-state index < -0.39 is 10.0 Å². The lowest BCUT2D eigenvalue weighted by molar-refractivity contribution is 0.125. The highest BCUT2D eigenvalue weighted by atomic mass is 35.5. The predicted molar refractivity (Wildman–Crippen MR) is 157 cm³/mol. The van der Waals surface area contributed by atoms with Crippen LogP contribution in [0.1, 0.15) is 57.6 Å². The first-order valence-corrected chi connectivity index (χ1v) is 14.9. The van der Waals surface area contributed by atoms with Gasteiger partial charge >= 0.3 is 0 Å².